The highest BCUT2D eigenvalue weighted by atomic mass is 19.1. The SMILES string of the molecule is O=C(/C=C/c1cccc(F)c1)NNC(=O)c1ccc[nH]1. The smallest absolute Gasteiger partial charge is 0.286 e. The Kier molecular flexibility index (Phi) is 4.28. The molecule has 1 aromatic heterocycles. The Labute approximate surface area is 114 Å². The molecule has 0 aliphatic heterocycles. The number of hydrogen-bond donors (Lipinski definition) is 3. The van der Waals surface area contributed by atoms with Crippen LogP contribution in [0.2, 0.25) is 0 Å². The molecule has 2 rings (SSSR count). The first-order chi connectivity index (χ1) is 9.65. The summed E-state index contributed by atoms with van der Waals surface area (Å²) >= 11 is 0. The zero-order chi connectivity index (χ0) is 14.4. The number of amides is 2. The molecule has 0 aliphatic rings. The molecule has 0 unspecified atom stereocenters. The van der Waals surface area contributed by atoms with E-state index in [4.69, 9.17) is 0 Å². The molecule has 1 heterocycles. The molecule has 2 aromatic rings. The van der Waals surface area contributed by atoms with Gasteiger partial charge < -0.3 is 4.98 Å². The van der Waals surface area contributed by atoms with Crippen LogP contribution >= 0.6 is 0 Å². The van der Waals surface area contributed by atoms with Crippen LogP contribution in [-0.4, -0.2) is 16.8 Å². The Balaban J connectivity index is 1.85. The number of aromatic nitrogens is 1. The minimum atomic E-state index is -0.519. The number of carbonyl (C=O) groups excluding carboxylic acids is 2. The Morgan fingerprint density at radius 2 is 2.00 bits per heavy atom. The van der Waals surface area contributed by atoms with Crippen LogP contribution in [0.5, 0.6) is 0 Å². The summed E-state index contributed by atoms with van der Waals surface area (Å²) in [6.45, 7) is 0. The topological polar surface area (TPSA) is 74.0 Å². The van der Waals surface area contributed by atoms with Gasteiger partial charge in [0.05, 0.1) is 0 Å². The van der Waals surface area contributed by atoms with E-state index in [9.17, 15) is 14.0 Å². The maximum Gasteiger partial charge on any atom is 0.286 e. The lowest BCUT2D eigenvalue weighted by molar-refractivity contribution is -0.117. The van der Waals surface area contributed by atoms with Crippen LogP contribution in [0.25, 0.3) is 6.08 Å². The first-order valence-electron chi connectivity index (χ1n) is 5.82. The summed E-state index contributed by atoms with van der Waals surface area (Å²) < 4.78 is 12.9. The van der Waals surface area contributed by atoms with Crippen molar-refractivity contribution in [2.24, 2.45) is 0 Å². The fraction of sp³-hybridized carbons (Fsp3) is 0. The molecule has 3 N–H and O–H groups in total. The van der Waals surface area contributed by atoms with Crippen molar-refractivity contribution in [2.45, 2.75) is 0 Å². The Morgan fingerprint density at radius 1 is 1.15 bits per heavy atom. The van der Waals surface area contributed by atoms with Gasteiger partial charge in [-0.1, -0.05) is 12.1 Å². The number of halogens is 1. The van der Waals surface area contributed by atoms with E-state index in [0.29, 0.717) is 11.3 Å². The molecule has 5 nitrogen and oxygen atoms in total. The minimum absolute atomic E-state index is 0.333. The largest absolute Gasteiger partial charge is 0.357 e. The zero-order valence-electron chi connectivity index (χ0n) is 10.4. The van der Waals surface area contributed by atoms with Crippen molar-refractivity contribution in [1.29, 1.82) is 0 Å². The Hall–Kier alpha value is -2.89. The fourth-order valence-electron chi connectivity index (χ4n) is 1.48. The summed E-state index contributed by atoms with van der Waals surface area (Å²) in [5.74, 6) is -1.36. The van der Waals surface area contributed by atoms with E-state index in [1.807, 2.05) is 0 Å². The molecule has 20 heavy (non-hydrogen) atoms. The first-order valence-corrected chi connectivity index (χ1v) is 5.82. The second-order valence-corrected chi connectivity index (χ2v) is 3.92. The van der Waals surface area contributed by atoms with Gasteiger partial charge in [-0.15, -0.1) is 0 Å². The van der Waals surface area contributed by atoms with E-state index in [-0.39, 0.29) is 5.82 Å². The van der Waals surface area contributed by atoms with Crippen LogP contribution in [0.4, 0.5) is 4.39 Å². The monoisotopic (exact) mass is 273 g/mol. The lowest BCUT2D eigenvalue weighted by Gasteiger charge is -2.03. The van der Waals surface area contributed by atoms with E-state index in [2.05, 4.69) is 15.8 Å². The minimum Gasteiger partial charge on any atom is -0.357 e. The average Bonchev–Trinajstić information content (AvgIpc) is 2.97. The van der Waals surface area contributed by atoms with Crippen molar-refractivity contribution >= 4 is 17.9 Å². The second-order valence-electron chi connectivity index (χ2n) is 3.92. The number of nitrogens with one attached hydrogen (secondary N) is 3. The Morgan fingerprint density at radius 3 is 2.70 bits per heavy atom. The summed E-state index contributed by atoms with van der Waals surface area (Å²) in [7, 11) is 0. The molecule has 0 bridgehead atoms. The maximum absolute atomic E-state index is 12.9. The van der Waals surface area contributed by atoms with Crippen molar-refractivity contribution in [3.63, 3.8) is 0 Å². The molecule has 1 aromatic carbocycles. The first kappa shape index (κ1) is 13.5. The van der Waals surface area contributed by atoms with Crippen LogP contribution < -0.4 is 10.9 Å². The quantitative estimate of drug-likeness (QED) is 0.587. The third-order valence-electron chi connectivity index (χ3n) is 2.42. The van der Waals surface area contributed by atoms with Crippen LogP contribution in [0.15, 0.2) is 48.7 Å². The van der Waals surface area contributed by atoms with Crippen molar-refractivity contribution in [1.82, 2.24) is 15.8 Å². The number of hydrogen-bond acceptors (Lipinski definition) is 2. The third-order valence-corrected chi connectivity index (χ3v) is 2.42. The molecule has 0 aliphatic carbocycles. The molecule has 102 valence electrons. The van der Waals surface area contributed by atoms with Gasteiger partial charge in [-0.05, 0) is 35.9 Å². The standard InChI is InChI=1S/C14H12FN3O2/c15-11-4-1-3-10(9-11)6-7-13(19)17-18-14(20)12-5-2-8-16-12/h1-9,16H,(H,17,19)(H,18,20)/b7-6+. The van der Waals surface area contributed by atoms with Crippen LogP contribution in [-0.2, 0) is 4.79 Å². The summed E-state index contributed by atoms with van der Waals surface area (Å²) in [5.41, 5.74) is 5.34. The van der Waals surface area contributed by atoms with Crippen molar-refractivity contribution in [3.8, 4) is 0 Å². The average molecular weight is 273 g/mol. The molecule has 0 saturated carbocycles. The van der Waals surface area contributed by atoms with E-state index in [1.54, 1.807) is 30.5 Å². The van der Waals surface area contributed by atoms with Gasteiger partial charge in [0.25, 0.3) is 11.8 Å². The summed E-state index contributed by atoms with van der Waals surface area (Å²) in [4.78, 5) is 25.7. The second kappa shape index (κ2) is 6.33. The summed E-state index contributed by atoms with van der Waals surface area (Å²) in [5, 5.41) is 0. The Bertz CT molecular complexity index is 636. The van der Waals surface area contributed by atoms with Gasteiger partial charge in [-0.25, -0.2) is 4.39 Å². The lowest BCUT2D eigenvalue weighted by atomic mass is 10.2. The van der Waals surface area contributed by atoms with Gasteiger partial charge in [0, 0.05) is 12.3 Å². The van der Waals surface area contributed by atoms with E-state index < -0.39 is 11.8 Å². The maximum atomic E-state index is 12.9. The van der Waals surface area contributed by atoms with E-state index >= 15 is 0 Å². The number of carbonyl (C=O) groups is 2. The zero-order valence-corrected chi connectivity index (χ0v) is 10.4. The van der Waals surface area contributed by atoms with Crippen molar-refractivity contribution in [3.05, 3.63) is 65.7 Å². The highest BCUT2D eigenvalue weighted by Crippen LogP contribution is 2.04. The number of rotatable bonds is 3. The molecule has 2 amide bonds. The molecule has 0 fully saturated rings. The molecule has 0 saturated heterocycles. The van der Waals surface area contributed by atoms with Gasteiger partial charge in [-0.3, -0.25) is 20.4 Å². The number of aromatic amines is 1. The highest BCUT2D eigenvalue weighted by molar-refractivity contribution is 5.96. The van der Waals surface area contributed by atoms with E-state index in [0.717, 1.165) is 0 Å². The summed E-state index contributed by atoms with van der Waals surface area (Å²) in [6.07, 6.45) is 4.24. The molecule has 0 atom stereocenters. The van der Waals surface area contributed by atoms with Crippen molar-refractivity contribution < 1.29 is 14.0 Å². The molecule has 0 radical (unpaired) electrons. The van der Waals surface area contributed by atoms with Gasteiger partial charge in [-0.2, -0.15) is 0 Å². The molecule has 6 heteroatoms. The number of hydrazine groups is 1. The van der Waals surface area contributed by atoms with Gasteiger partial charge in [0.15, 0.2) is 0 Å². The van der Waals surface area contributed by atoms with E-state index in [1.165, 1.54) is 24.3 Å². The third kappa shape index (κ3) is 3.81. The fourth-order valence-corrected chi connectivity index (χ4v) is 1.48. The summed E-state index contributed by atoms with van der Waals surface area (Å²) in [6, 6.07) is 9.05. The predicted molar refractivity (Wildman–Crippen MR) is 71.8 cm³/mol. The molecule has 0 spiro atoms. The van der Waals surface area contributed by atoms with Crippen molar-refractivity contribution in [2.75, 3.05) is 0 Å². The predicted octanol–water partition coefficient (Wildman–Crippen LogP) is 1.63. The number of benzene rings is 1. The number of H-pyrrole nitrogens is 1. The lowest BCUT2D eigenvalue weighted by Crippen LogP contribution is -2.40. The van der Waals surface area contributed by atoms with Crippen LogP contribution in [0.1, 0.15) is 16.1 Å². The van der Waals surface area contributed by atoms with Crippen LogP contribution in [0, 0.1) is 5.82 Å². The van der Waals surface area contributed by atoms with Gasteiger partial charge >= 0.3 is 0 Å². The van der Waals surface area contributed by atoms with Gasteiger partial charge in [0.2, 0.25) is 0 Å². The molecular formula is C14H12FN3O2. The highest BCUT2D eigenvalue weighted by Gasteiger charge is 2.05. The van der Waals surface area contributed by atoms with Crippen LogP contribution in [0.3, 0.4) is 0 Å². The van der Waals surface area contributed by atoms with Gasteiger partial charge in [0.1, 0.15) is 11.5 Å². The normalized spacial score (nSPS) is 10.4. The molecular weight excluding hydrogens is 261 g/mol.